The number of halogens is 1. The number of aryl methyl sites for hydroxylation is 1. The highest BCUT2D eigenvalue weighted by molar-refractivity contribution is 5.94. The van der Waals surface area contributed by atoms with Crippen molar-refractivity contribution in [3.8, 4) is 0 Å². The number of amides is 1. The molecule has 0 aliphatic heterocycles. The quantitative estimate of drug-likeness (QED) is 0.862. The molecule has 2 atom stereocenters. The van der Waals surface area contributed by atoms with Crippen LogP contribution in [0.2, 0.25) is 0 Å². The molecule has 0 radical (unpaired) electrons. The molecule has 1 fully saturated rings. The number of rotatable bonds is 3. The van der Waals surface area contributed by atoms with Gasteiger partial charge in [0.1, 0.15) is 5.82 Å². The summed E-state index contributed by atoms with van der Waals surface area (Å²) in [5.74, 6) is -0.0722. The lowest BCUT2D eigenvalue weighted by Gasteiger charge is -2.16. The van der Waals surface area contributed by atoms with Crippen molar-refractivity contribution in [3.05, 3.63) is 35.1 Å². The van der Waals surface area contributed by atoms with Crippen molar-refractivity contribution >= 4 is 5.91 Å². The smallest absolute Gasteiger partial charge is 0.251 e. The second-order valence-corrected chi connectivity index (χ2v) is 5.03. The topological polar surface area (TPSA) is 55.1 Å². The molecule has 0 spiro atoms. The minimum Gasteiger partial charge on any atom is -0.352 e. The van der Waals surface area contributed by atoms with E-state index in [1.165, 1.54) is 12.1 Å². The number of nitrogens with two attached hydrogens (primary N) is 1. The fourth-order valence-corrected chi connectivity index (χ4v) is 2.43. The van der Waals surface area contributed by atoms with Gasteiger partial charge in [-0.15, -0.1) is 0 Å². The number of hydrogen-bond donors (Lipinski definition) is 2. The van der Waals surface area contributed by atoms with Gasteiger partial charge in [0.15, 0.2) is 0 Å². The lowest BCUT2D eigenvalue weighted by molar-refractivity contribution is 0.0946. The Morgan fingerprint density at radius 1 is 1.50 bits per heavy atom. The molecule has 3 nitrogen and oxygen atoms in total. The minimum atomic E-state index is -0.288. The molecule has 1 aliphatic carbocycles. The lowest BCUT2D eigenvalue weighted by Crippen LogP contribution is -2.36. The molecule has 1 saturated carbocycles. The lowest BCUT2D eigenvalue weighted by atomic mass is 10.0. The molecule has 3 N–H and O–H groups in total. The molecule has 1 aromatic rings. The van der Waals surface area contributed by atoms with Gasteiger partial charge in [-0.1, -0.05) is 6.42 Å². The molecular formula is C14H19FN2O. The van der Waals surface area contributed by atoms with Crippen LogP contribution in [0.25, 0.3) is 0 Å². The van der Waals surface area contributed by atoms with Crippen molar-refractivity contribution < 1.29 is 9.18 Å². The molecule has 1 aliphatic rings. The summed E-state index contributed by atoms with van der Waals surface area (Å²) in [5.41, 5.74) is 6.93. The van der Waals surface area contributed by atoms with E-state index in [0.717, 1.165) is 19.3 Å². The maximum atomic E-state index is 13.1. The zero-order chi connectivity index (χ0) is 13.1. The fourth-order valence-electron chi connectivity index (χ4n) is 2.43. The van der Waals surface area contributed by atoms with Gasteiger partial charge >= 0.3 is 0 Å². The number of carbonyl (C=O) groups excluding carboxylic acids is 1. The third-order valence-electron chi connectivity index (χ3n) is 3.66. The highest BCUT2D eigenvalue weighted by atomic mass is 19.1. The van der Waals surface area contributed by atoms with Gasteiger partial charge in [-0.3, -0.25) is 4.79 Å². The number of hydrogen-bond acceptors (Lipinski definition) is 2. The van der Waals surface area contributed by atoms with Gasteiger partial charge in [-0.25, -0.2) is 4.39 Å². The standard InChI is InChI=1S/C14H19FN2O/c1-9-7-10(5-6-12(9)15)14(18)17-8-11-3-2-4-13(11)16/h5-7,11,13H,2-4,8,16H2,1H3,(H,17,18). The molecule has 1 amide bonds. The average Bonchev–Trinajstić information content (AvgIpc) is 2.75. The van der Waals surface area contributed by atoms with Crippen LogP contribution in [0.15, 0.2) is 18.2 Å². The van der Waals surface area contributed by atoms with E-state index in [2.05, 4.69) is 5.32 Å². The molecule has 4 heteroatoms. The second-order valence-electron chi connectivity index (χ2n) is 5.03. The van der Waals surface area contributed by atoms with Gasteiger partial charge in [0.25, 0.3) is 5.91 Å². The SMILES string of the molecule is Cc1cc(C(=O)NCC2CCCC2N)ccc1F. The summed E-state index contributed by atoms with van der Waals surface area (Å²) in [5, 5.41) is 2.88. The van der Waals surface area contributed by atoms with E-state index in [-0.39, 0.29) is 17.8 Å². The summed E-state index contributed by atoms with van der Waals surface area (Å²) in [6.07, 6.45) is 3.25. The van der Waals surface area contributed by atoms with E-state index in [9.17, 15) is 9.18 Å². The van der Waals surface area contributed by atoms with Crippen molar-refractivity contribution in [2.24, 2.45) is 11.7 Å². The van der Waals surface area contributed by atoms with E-state index in [4.69, 9.17) is 5.73 Å². The van der Waals surface area contributed by atoms with Crippen LogP contribution in [0.5, 0.6) is 0 Å². The maximum Gasteiger partial charge on any atom is 0.251 e. The van der Waals surface area contributed by atoms with Crippen LogP contribution in [0.3, 0.4) is 0 Å². The van der Waals surface area contributed by atoms with E-state index < -0.39 is 0 Å². The van der Waals surface area contributed by atoms with Gasteiger partial charge in [0.05, 0.1) is 0 Å². The van der Waals surface area contributed by atoms with Crippen molar-refractivity contribution in [3.63, 3.8) is 0 Å². The Hall–Kier alpha value is -1.42. The first-order valence-electron chi connectivity index (χ1n) is 6.38. The Morgan fingerprint density at radius 2 is 2.28 bits per heavy atom. The normalized spacial score (nSPS) is 23.1. The van der Waals surface area contributed by atoms with E-state index >= 15 is 0 Å². The molecular weight excluding hydrogens is 231 g/mol. The van der Waals surface area contributed by atoms with Crippen LogP contribution in [-0.4, -0.2) is 18.5 Å². The summed E-state index contributed by atoms with van der Waals surface area (Å²) >= 11 is 0. The Labute approximate surface area is 107 Å². The van der Waals surface area contributed by atoms with Crippen LogP contribution in [0, 0.1) is 18.7 Å². The number of benzene rings is 1. The van der Waals surface area contributed by atoms with Crippen LogP contribution >= 0.6 is 0 Å². The van der Waals surface area contributed by atoms with E-state index in [0.29, 0.717) is 23.6 Å². The fraction of sp³-hybridized carbons (Fsp3) is 0.500. The largest absolute Gasteiger partial charge is 0.352 e. The van der Waals surface area contributed by atoms with Crippen LogP contribution in [-0.2, 0) is 0 Å². The van der Waals surface area contributed by atoms with Crippen molar-refractivity contribution in [1.82, 2.24) is 5.32 Å². The minimum absolute atomic E-state index is 0.155. The molecule has 0 heterocycles. The molecule has 0 saturated heterocycles. The molecule has 18 heavy (non-hydrogen) atoms. The van der Waals surface area contributed by atoms with Gasteiger partial charge in [-0.2, -0.15) is 0 Å². The number of carbonyl (C=O) groups is 1. The first-order valence-corrected chi connectivity index (χ1v) is 6.38. The van der Waals surface area contributed by atoms with Crippen molar-refractivity contribution in [2.75, 3.05) is 6.54 Å². The maximum absolute atomic E-state index is 13.1. The van der Waals surface area contributed by atoms with Gasteiger partial charge in [-0.05, 0) is 49.4 Å². The van der Waals surface area contributed by atoms with Crippen LogP contribution in [0.4, 0.5) is 4.39 Å². The summed E-state index contributed by atoms with van der Waals surface area (Å²) in [6, 6.07) is 4.59. The van der Waals surface area contributed by atoms with Crippen molar-refractivity contribution in [1.29, 1.82) is 0 Å². The third-order valence-corrected chi connectivity index (χ3v) is 3.66. The first-order chi connectivity index (χ1) is 8.58. The molecule has 0 bridgehead atoms. The van der Waals surface area contributed by atoms with Crippen molar-refractivity contribution in [2.45, 2.75) is 32.2 Å². The van der Waals surface area contributed by atoms with Crippen LogP contribution < -0.4 is 11.1 Å². The monoisotopic (exact) mass is 250 g/mol. The molecule has 0 aromatic heterocycles. The van der Waals surface area contributed by atoms with E-state index in [1.54, 1.807) is 13.0 Å². The third kappa shape index (κ3) is 2.88. The molecule has 2 unspecified atom stereocenters. The summed E-state index contributed by atoms with van der Waals surface area (Å²) in [7, 11) is 0. The highest BCUT2D eigenvalue weighted by Gasteiger charge is 2.24. The second kappa shape index (κ2) is 5.48. The Bertz CT molecular complexity index is 447. The van der Waals surface area contributed by atoms with Gasteiger partial charge < -0.3 is 11.1 Å². The Morgan fingerprint density at radius 3 is 2.89 bits per heavy atom. The molecule has 1 aromatic carbocycles. The summed E-state index contributed by atoms with van der Waals surface area (Å²) in [4.78, 5) is 11.9. The van der Waals surface area contributed by atoms with Crippen LogP contribution in [0.1, 0.15) is 35.2 Å². The zero-order valence-corrected chi connectivity index (χ0v) is 10.6. The summed E-state index contributed by atoms with van der Waals surface area (Å²) < 4.78 is 13.1. The molecule has 98 valence electrons. The Balaban J connectivity index is 1.93. The Kier molecular flexibility index (Phi) is 3.97. The average molecular weight is 250 g/mol. The molecule has 2 rings (SSSR count). The highest BCUT2D eigenvalue weighted by Crippen LogP contribution is 2.23. The number of nitrogens with one attached hydrogen (secondary N) is 1. The summed E-state index contributed by atoms with van der Waals surface area (Å²) in [6.45, 7) is 2.26. The van der Waals surface area contributed by atoms with Gasteiger partial charge in [0, 0.05) is 18.2 Å². The van der Waals surface area contributed by atoms with E-state index in [1.807, 2.05) is 0 Å². The first kappa shape index (κ1) is 13.0. The predicted octanol–water partition coefficient (Wildman–Crippen LogP) is 1.99. The zero-order valence-electron chi connectivity index (χ0n) is 10.6. The van der Waals surface area contributed by atoms with Gasteiger partial charge in [0.2, 0.25) is 0 Å². The predicted molar refractivity (Wildman–Crippen MR) is 68.8 cm³/mol.